The predicted octanol–water partition coefficient (Wildman–Crippen LogP) is 3.43. The molecule has 1 N–H and O–H groups in total. The molecule has 1 aromatic heterocycles. The fraction of sp³-hybridized carbons (Fsp3) is 0.235. The van der Waals surface area contributed by atoms with Crippen molar-refractivity contribution < 1.29 is 9.21 Å². The van der Waals surface area contributed by atoms with Crippen molar-refractivity contribution in [1.82, 2.24) is 5.32 Å². The predicted molar refractivity (Wildman–Crippen MR) is 80.1 cm³/mol. The van der Waals surface area contributed by atoms with E-state index >= 15 is 0 Å². The van der Waals surface area contributed by atoms with Crippen molar-refractivity contribution in [2.45, 2.75) is 25.8 Å². The van der Waals surface area contributed by atoms with Crippen LogP contribution in [0.25, 0.3) is 6.08 Å². The first-order valence-electron chi connectivity index (χ1n) is 6.80. The van der Waals surface area contributed by atoms with Gasteiger partial charge in [0.25, 0.3) is 0 Å². The molecule has 0 saturated carbocycles. The summed E-state index contributed by atoms with van der Waals surface area (Å²) < 4.78 is 5.13. The number of rotatable bonds is 6. The van der Waals surface area contributed by atoms with Gasteiger partial charge in [0.2, 0.25) is 5.91 Å². The van der Waals surface area contributed by atoms with Gasteiger partial charge in [0.1, 0.15) is 5.76 Å². The summed E-state index contributed by atoms with van der Waals surface area (Å²) in [6, 6.07) is 14.0. The summed E-state index contributed by atoms with van der Waals surface area (Å²) in [5.74, 6) is 0.582. The van der Waals surface area contributed by atoms with E-state index in [9.17, 15) is 4.79 Å². The molecule has 0 fully saturated rings. The molecule has 1 amide bonds. The minimum atomic E-state index is -0.0954. The van der Waals surface area contributed by atoms with E-state index in [1.54, 1.807) is 18.4 Å². The lowest BCUT2D eigenvalue weighted by Gasteiger charge is -2.12. The summed E-state index contributed by atoms with van der Waals surface area (Å²) in [7, 11) is 0. The second-order valence-electron chi connectivity index (χ2n) is 4.78. The molecule has 0 aliphatic carbocycles. The molecule has 0 radical (unpaired) electrons. The van der Waals surface area contributed by atoms with Crippen LogP contribution in [0.4, 0.5) is 0 Å². The molecule has 0 aliphatic heterocycles. The van der Waals surface area contributed by atoms with Gasteiger partial charge >= 0.3 is 0 Å². The molecule has 0 unspecified atom stereocenters. The average Bonchev–Trinajstić information content (AvgIpc) is 2.97. The molecule has 0 saturated heterocycles. The third-order valence-corrected chi connectivity index (χ3v) is 3.04. The normalized spacial score (nSPS) is 12.4. The van der Waals surface area contributed by atoms with Gasteiger partial charge in [0, 0.05) is 12.1 Å². The fourth-order valence-corrected chi connectivity index (χ4v) is 1.93. The standard InChI is InChI=1S/C17H19NO2/c1-14(9-10-15-6-3-2-4-7-15)18-17(19)12-11-16-8-5-13-20-16/h2-8,11-14H,9-10H2,1H3,(H,18,19)/t14-/m0/s1. The number of nitrogens with one attached hydrogen (secondary N) is 1. The Morgan fingerprint density at radius 1 is 1.25 bits per heavy atom. The zero-order valence-electron chi connectivity index (χ0n) is 11.6. The van der Waals surface area contributed by atoms with E-state index in [-0.39, 0.29) is 11.9 Å². The lowest BCUT2D eigenvalue weighted by atomic mass is 10.1. The van der Waals surface area contributed by atoms with Crippen LogP contribution in [0.3, 0.4) is 0 Å². The van der Waals surface area contributed by atoms with Crippen molar-refractivity contribution in [1.29, 1.82) is 0 Å². The number of carbonyl (C=O) groups is 1. The summed E-state index contributed by atoms with van der Waals surface area (Å²) in [5, 5.41) is 2.95. The first kappa shape index (κ1) is 14.1. The van der Waals surface area contributed by atoms with Crippen LogP contribution in [-0.4, -0.2) is 11.9 Å². The lowest BCUT2D eigenvalue weighted by Crippen LogP contribution is -2.31. The Morgan fingerprint density at radius 3 is 2.75 bits per heavy atom. The Bertz CT molecular complexity index is 544. The highest BCUT2D eigenvalue weighted by molar-refractivity contribution is 5.91. The molecule has 2 rings (SSSR count). The maximum absolute atomic E-state index is 11.7. The first-order chi connectivity index (χ1) is 9.74. The molecule has 3 heteroatoms. The summed E-state index contributed by atoms with van der Waals surface area (Å²) in [4.78, 5) is 11.7. The van der Waals surface area contributed by atoms with Gasteiger partial charge in [0.15, 0.2) is 0 Å². The van der Waals surface area contributed by atoms with Crippen molar-refractivity contribution >= 4 is 12.0 Å². The number of aryl methyl sites for hydroxylation is 1. The smallest absolute Gasteiger partial charge is 0.244 e. The van der Waals surface area contributed by atoms with Gasteiger partial charge in [-0.2, -0.15) is 0 Å². The van der Waals surface area contributed by atoms with Gasteiger partial charge in [-0.1, -0.05) is 30.3 Å². The highest BCUT2D eigenvalue weighted by Crippen LogP contribution is 2.05. The maximum atomic E-state index is 11.7. The summed E-state index contributed by atoms with van der Waals surface area (Å²) >= 11 is 0. The SMILES string of the molecule is C[C@@H](CCc1ccccc1)NC(=O)C=Cc1ccco1. The molecule has 0 bridgehead atoms. The molecule has 1 atom stereocenters. The van der Waals surface area contributed by atoms with E-state index < -0.39 is 0 Å². The molecule has 0 spiro atoms. The van der Waals surface area contributed by atoms with Gasteiger partial charge in [-0.05, 0) is 43.5 Å². The van der Waals surface area contributed by atoms with Crippen molar-refractivity contribution in [2.75, 3.05) is 0 Å². The highest BCUT2D eigenvalue weighted by Gasteiger charge is 2.05. The largest absolute Gasteiger partial charge is 0.465 e. The highest BCUT2D eigenvalue weighted by atomic mass is 16.3. The van der Waals surface area contributed by atoms with Gasteiger partial charge in [-0.15, -0.1) is 0 Å². The second kappa shape index (κ2) is 7.34. The number of carbonyl (C=O) groups excluding carboxylic acids is 1. The number of furan rings is 1. The third-order valence-electron chi connectivity index (χ3n) is 3.04. The van der Waals surface area contributed by atoms with Crippen LogP contribution >= 0.6 is 0 Å². The Hall–Kier alpha value is -2.29. The van der Waals surface area contributed by atoms with Gasteiger partial charge in [0.05, 0.1) is 6.26 Å². The number of hydrogen-bond donors (Lipinski definition) is 1. The Balaban J connectivity index is 1.74. The average molecular weight is 269 g/mol. The van der Waals surface area contributed by atoms with E-state index in [2.05, 4.69) is 17.4 Å². The van der Waals surface area contributed by atoms with E-state index in [4.69, 9.17) is 4.42 Å². The molecule has 2 aromatic rings. The van der Waals surface area contributed by atoms with Crippen LogP contribution < -0.4 is 5.32 Å². The van der Waals surface area contributed by atoms with Crippen molar-refractivity contribution in [3.8, 4) is 0 Å². The molecule has 1 aromatic carbocycles. The molecular formula is C17H19NO2. The molecule has 1 heterocycles. The van der Waals surface area contributed by atoms with Crippen molar-refractivity contribution in [2.24, 2.45) is 0 Å². The first-order valence-corrected chi connectivity index (χ1v) is 6.80. The topological polar surface area (TPSA) is 42.2 Å². The Labute approximate surface area is 119 Å². The van der Waals surface area contributed by atoms with Crippen LogP contribution in [0.5, 0.6) is 0 Å². The van der Waals surface area contributed by atoms with E-state index in [1.165, 1.54) is 11.6 Å². The fourth-order valence-electron chi connectivity index (χ4n) is 1.93. The lowest BCUT2D eigenvalue weighted by molar-refractivity contribution is -0.117. The molecule has 104 valence electrons. The van der Waals surface area contributed by atoms with Crippen molar-refractivity contribution in [3.05, 3.63) is 66.1 Å². The van der Waals surface area contributed by atoms with Crippen molar-refractivity contribution in [3.63, 3.8) is 0 Å². The van der Waals surface area contributed by atoms with Crippen LogP contribution in [0.2, 0.25) is 0 Å². The minimum Gasteiger partial charge on any atom is -0.465 e. The van der Waals surface area contributed by atoms with Gasteiger partial charge < -0.3 is 9.73 Å². The number of benzene rings is 1. The Kier molecular flexibility index (Phi) is 5.18. The van der Waals surface area contributed by atoms with Gasteiger partial charge in [-0.3, -0.25) is 4.79 Å². The second-order valence-corrected chi connectivity index (χ2v) is 4.78. The quantitative estimate of drug-likeness (QED) is 0.816. The van der Waals surface area contributed by atoms with Crippen LogP contribution in [0.1, 0.15) is 24.7 Å². The van der Waals surface area contributed by atoms with Crippen LogP contribution in [0.15, 0.2) is 59.2 Å². The summed E-state index contributed by atoms with van der Waals surface area (Å²) in [5.41, 5.74) is 1.29. The van der Waals surface area contributed by atoms with E-state index in [1.807, 2.05) is 31.2 Å². The molecular weight excluding hydrogens is 250 g/mol. The maximum Gasteiger partial charge on any atom is 0.244 e. The summed E-state index contributed by atoms with van der Waals surface area (Å²) in [6.07, 6.45) is 6.63. The molecule has 0 aliphatic rings. The van der Waals surface area contributed by atoms with Gasteiger partial charge in [-0.25, -0.2) is 0 Å². The van der Waals surface area contributed by atoms with Crippen LogP contribution in [0, 0.1) is 0 Å². The zero-order valence-corrected chi connectivity index (χ0v) is 11.6. The number of amides is 1. The van der Waals surface area contributed by atoms with E-state index in [0.717, 1.165) is 12.8 Å². The molecule has 3 nitrogen and oxygen atoms in total. The summed E-state index contributed by atoms with van der Waals surface area (Å²) in [6.45, 7) is 2.02. The molecule has 20 heavy (non-hydrogen) atoms. The van der Waals surface area contributed by atoms with E-state index in [0.29, 0.717) is 5.76 Å². The monoisotopic (exact) mass is 269 g/mol. The zero-order chi connectivity index (χ0) is 14.2. The number of hydrogen-bond acceptors (Lipinski definition) is 2. The minimum absolute atomic E-state index is 0.0954. The third kappa shape index (κ3) is 4.76. The Morgan fingerprint density at radius 2 is 2.05 bits per heavy atom. The van der Waals surface area contributed by atoms with Crippen LogP contribution in [-0.2, 0) is 11.2 Å².